The highest BCUT2D eigenvalue weighted by Crippen LogP contribution is 2.64. The Balaban J connectivity index is 1.29. The molecule has 3 aliphatic heterocycles. The van der Waals surface area contributed by atoms with Crippen LogP contribution in [0.15, 0.2) is 146 Å². The van der Waals surface area contributed by atoms with Gasteiger partial charge in [0.15, 0.2) is 0 Å². The van der Waals surface area contributed by atoms with E-state index in [1.54, 1.807) is 7.11 Å². The van der Waals surface area contributed by atoms with Crippen LogP contribution in [0.1, 0.15) is 81.8 Å². The van der Waals surface area contributed by atoms with Gasteiger partial charge in [-0.05, 0) is 97.0 Å². The summed E-state index contributed by atoms with van der Waals surface area (Å²) >= 11 is 0. The topological polar surface area (TPSA) is 15.7 Å². The van der Waals surface area contributed by atoms with E-state index >= 15 is 0 Å². The van der Waals surface area contributed by atoms with Crippen molar-refractivity contribution >= 4 is 57.2 Å². The molecule has 6 aromatic carbocycles. The van der Waals surface area contributed by atoms with Gasteiger partial charge >= 0.3 is 0 Å². The van der Waals surface area contributed by atoms with E-state index in [1.807, 2.05) is 0 Å². The van der Waals surface area contributed by atoms with Gasteiger partial charge in [-0.2, -0.15) is 0 Å². The monoisotopic (exact) mass is 740 g/mol. The van der Waals surface area contributed by atoms with Crippen LogP contribution in [0.4, 0.5) is 34.1 Å². The normalized spacial score (nSPS) is 20.1. The van der Waals surface area contributed by atoms with E-state index in [4.69, 9.17) is 4.74 Å². The van der Waals surface area contributed by atoms with Gasteiger partial charge < -0.3 is 14.5 Å². The van der Waals surface area contributed by atoms with Crippen LogP contribution in [-0.2, 0) is 21.7 Å². The van der Waals surface area contributed by atoms with Crippen molar-refractivity contribution in [1.29, 1.82) is 0 Å². The Bertz CT molecular complexity index is 2590. The summed E-state index contributed by atoms with van der Waals surface area (Å²) in [6.07, 6.45) is 9.54. The summed E-state index contributed by atoms with van der Waals surface area (Å²) in [4.78, 5) is 5.07. The number of ether oxygens (including phenoxy) is 1. The average Bonchev–Trinajstić information content (AvgIpc) is 3.44. The summed E-state index contributed by atoms with van der Waals surface area (Å²) in [6.45, 7) is 16.3. The van der Waals surface area contributed by atoms with E-state index in [2.05, 4.69) is 204 Å². The van der Waals surface area contributed by atoms with E-state index in [0.717, 1.165) is 17.1 Å². The second-order valence-corrected chi connectivity index (χ2v) is 19.1. The molecular weight excluding hydrogens is 691 g/mol. The lowest BCUT2D eigenvalue weighted by atomic mass is 9.27. The fourth-order valence-electron chi connectivity index (χ4n) is 11.5. The van der Waals surface area contributed by atoms with Crippen LogP contribution in [0.25, 0.3) is 0 Å². The van der Waals surface area contributed by atoms with Gasteiger partial charge in [-0.25, -0.2) is 0 Å². The highest BCUT2D eigenvalue weighted by Gasteiger charge is 2.63. The molecule has 1 spiro atoms. The molecule has 2 atom stereocenters. The lowest BCUT2D eigenvalue weighted by Crippen LogP contribution is -2.68. The first kappa shape index (κ1) is 34.5. The SMILES string of the molecule is COc1cc2c3c(c1)N(c1ccc(C(C)(C)C)cc1)c1cccc4c1B3c1c(cccc1C41c3ccccc3C3(C)C=CC=CC31)N2c1ccc(C(C)(C)C)cc1. The van der Waals surface area contributed by atoms with Crippen molar-refractivity contribution in [3.05, 3.63) is 179 Å². The molecule has 3 nitrogen and oxygen atoms in total. The number of methoxy groups -OCH3 is 1. The van der Waals surface area contributed by atoms with Crippen LogP contribution in [0.5, 0.6) is 5.75 Å². The predicted molar refractivity (Wildman–Crippen MR) is 240 cm³/mol. The summed E-state index contributed by atoms with van der Waals surface area (Å²) in [6, 6.07) is 46.8. The molecule has 0 bridgehead atoms. The first-order valence-electron chi connectivity index (χ1n) is 20.6. The molecule has 0 fully saturated rings. The van der Waals surface area contributed by atoms with Gasteiger partial charge in [0.05, 0.1) is 12.5 Å². The molecule has 0 saturated heterocycles. The molecule has 2 unspecified atom stereocenters. The lowest BCUT2D eigenvalue weighted by Gasteiger charge is -2.53. The number of hydrogen-bond acceptors (Lipinski definition) is 3. The average molecular weight is 741 g/mol. The molecule has 6 aromatic rings. The Morgan fingerprint density at radius 1 is 0.544 bits per heavy atom. The summed E-state index contributed by atoms with van der Waals surface area (Å²) < 4.78 is 6.21. The summed E-state index contributed by atoms with van der Waals surface area (Å²) in [5.41, 5.74) is 19.2. The molecule has 0 saturated carbocycles. The number of rotatable bonds is 3. The Morgan fingerprint density at radius 3 is 1.53 bits per heavy atom. The van der Waals surface area contributed by atoms with Crippen LogP contribution >= 0.6 is 0 Å². The Hall–Kier alpha value is -5.74. The molecule has 280 valence electrons. The number of anilines is 6. The minimum absolute atomic E-state index is 0.0428. The van der Waals surface area contributed by atoms with Crippen molar-refractivity contribution in [2.75, 3.05) is 16.9 Å². The third kappa shape index (κ3) is 4.39. The molecule has 0 amide bonds. The fraction of sp³-hybridized carbons (Fsp3) is 0.245. The summed E-state index contributed by atoms with van der Waals surface area (Å²) in [7, 11) is 1.80. The third-order valence-electron chi connectivity index (χ3n) is 14.1. The van der Waals surface area contributed by atoms with Gasteiger partial charge in [-0.1, -0.05) is 146 Å². The molecule has 0 N–H and O–H groups in total. The predicted octanol–water partition coefficient (Wildman–Crippen LogP) is 11.0. The third-order valence-corrected chi connectivity index (χ3v) is 14.1. The van der Waals surface area contributed by atoms with Gasteiger partial charge in [0, 0.05) is 57.6 Å². The van der Waals surface area contributed by atoms with Crippen LogP contribution in [0.3, 0.4) is 0 Å². The minimum Gasteiger partial charge on any atom is -0.497 e. The smallest absolute Gasteiger partial charge is 0.252 e. The van der Waals surface area contributed by atoms with Crippen molar-refractivity contribution in [2.24, 2.45) is 5.92 Å². The molecule has 3 heterocycles. The van der Waals surface area contributed by atoms with E-state index in [1.165, 1.54) is 72.5 Å². The Labute approximate surface area is 338 Å². The lowest BCUT2D eigenvalue weighted by molar-refractivity contribution is 0.368. The van der Waals surface area contributed by atoms with E-state index < -0.39 is 5.41 Å². The molecule has 2 aliphatic carbocycles. The Morgan fingerprint density at radius 2 is 1.04 bits per heavy atom. The zero-order chi connectivity index (χ0) is 39.2. The van der Waals surface area contributed by atoms with E-state index in [-0.39, 0.29) is 28.9 Å². The van der Waals surface area contributed by atoms with Crippen LogP contribution in [0.2, 0.25) is 0 Å². The van der Waals surface area contributed by atoms with Gasteiger partial charge in [-0.3, -0.25) is 0 Å². The molecule has 0 radical (unpaired) electrons. The quantitative estimate of drug-likeness (QED) is 0.168. The number of allylic oxidation sites excluding steroid dienone is 4. The standard InChI is InChI=1S/C53H49BN2O/c1-50(2,3)33-22-26-35(27-23-33)55-42-19-13-17-40-47(42)54-48-41(53(40)39-16-10-9-15-38(39)52(7)30-12-11-21-46(52)53)18-14-20-43(48)56(36-28-24-34(25-29-36)51(4,5)6)45-32-37(57-8)31-44(55)49(45)54/h9-32,46H,1-8H3. The van der Waals surface area contributed by atoms with Crippen molar-refractivity contribution in [3.63, 3.8) is 0 Å². The number of nitrogens with zero attached hydrogens (tertiary/aromatic N) is 2. The molecular formula is C53H49BN2O. The summed E-state index contributed by atoms with van der Waals surface area (Å²) in [5, 5.41) is 0. The molecule has 57 heavy (non-hydrogen) atoms. The first-order valence-corrected chi connectivity index (χ1v) is 20.6. The maximum absolute atomic E-state index is 6.21. The zero-order valence-corrected chi connectivity index (χ0v) is 34.3. The van der Waals surface area contributed by atoms with Gasteiger partial charge in [0.2, 0.25) is 0 Å². The van der Waals surface area contributed by atoms with Crippen LogP contribution < -0.4 is 30.9 Å². The molecule has 4 heteroatoms. The summed E-state index contributed by atoms with van der Waals surface area (Å²) in [5.74, 6) is 1.03. The number of benzene rings is 6. The molecule has 5 aliphatic rings. The largest absolute Gasteiger partial charge is 0.497 e. The first-order chi connectivity index (χ1) is 27.4. The van der Waals surface area contributed by atoms with E-state index in [9.17, 15) is 0 Å². The maximum atomic E-state index is 6.21. The Kier molecular flexibility index (Phi) is 6.93. The molecule has 0 aromatic heterocycles. The fourth-order valence-corrected chi connectivity index (χ4v) is 11.5. The van der Waals surface area contributed by atoms with Gasteiger partial charge in [0.25, 0.3) is 6.71 Å². The van der Waals surface area contributed by atoms with Gasteiger partial charge in [-0.15, -0.1) is 0 Å². The van der Waals surface area contributed by atoms with Gasteiger partial charge in [0.1, 0.15) is 5.75 Å². The second-order valence-electron chi connectivity index (χ2n) is 19.1. The van der Waals surface area contributed by atoms with Crippen molar-refractivity contribution in [3.8, 4) is 5.75 Å². The van der Waals surface area contributed by atoms with Crippen molar-refractivity contribution < 1.29 is 4.74 Å². The number of fused-ring (bicyclic) bond motifs is 7. The zero-order valence-electron chi connectivity index (χ0n) is 34.3. The molecule has 11 rings (SSSR count). The van der Waals surface area contributed by atoms with Crippen LogP contribution in [0, 0.1) is 5.92 Å². The highest BCUT2D eigenvalue weighted by molar-refractivity contribution is 7.01. The van der Waals surface area contributed by atoms with Crippen LogP contribution in [-0.4, -0.2) is 13.8 Å². The highest BCUT2D eigenvalue weighted by atomic mass is 16.5. The number of hydrogen-bond donors (Lipinski definition) is 0. The van der Waals surface area contributed by atoms with E-state index in [0.29, 0.717) is 0 Å². The second kappa shape index (κ2) is 11.4. The van der Waals surface area contributed by atoms with Crippen molar-refractivity contribution in [1.82, 2.24) is 0 Å². The maximum Gasteiger partial charge on any atom is 0.252 e. The minimum atomic E-state index is -0.412. The van der Waals surface area contributed by atoms with Crippen molar-refractivity contribution in [2.45, 2.75) is 70.1 Å².